The van der Waals surface area contributed by atoms with Gasteiger partial charge in [0.2, 0.25) is 0 Å². The van der Waals surface area contributed by atoms with Crippen molar-refractivity contribution in [3.8, 4) is 17.4 Å². The molecule has 8 nitrogen and oxygen atoms in total. The molecule has 2 aromatic carbocycles. The third kappa shape index (κ3) is 5.09. The van der Waals surface area contributed by atoms with Gasteiger partial charge in [0.25, 0.3) is 0 Å². The second kappa shape index (κ2) is 9.62. The minimum absolute atomic E-state index is 0.155. The summed E-state index contributed by atoms with van der Waals surface area (Å²) in [5, 5.41) is 26.8. The number of tetrazole rings is 1. The fourth-order valence-electron chi connectivity index (χ4n) is 2.41. The molecule has 0 fully saturated rings. The van der Waals surface area contributed by atoms with E-state index in [2.05, 4.69) is 26.2 Å². The Bertz CT molecular complexity index is 793. The molecule has 136 valence electrons. The molecule has 0 saturated carbocycles. The number of rotatable bonds is 10. The number of aliphatic hydroxyl groups is 1. The molecular formula is C18H22N6O2. The van der Waals surface area contributed by atoms with Crippen molar-refractivity contribution in [3.63, 3.8) is 0 Å². The number of aromatic nitrogens is 4. The first-order valence-corrected chi connectivity index (χ1v) is 8.50. The van der Waals surface area contributed by atoms with E-state index in [9.17, 15) is 0 Å². The van der Waals surface area contributed by atoms with Crippen molar-refractivity contribution in [1.82, 2.24) is 30.8 Å². The van der Waals surface area contributed by atoms with Crippen molar-refractivity contribution in [2.45, 2.75) is 6.54 Å². The molecule has 8 heteroatoms. The van der Waals surface area contributed by atoms with Gasteiger partial charge in [0.05, 0.1) is 12.3 Å². The largest absolute Gasteiger partial charge is 0.423 e. The van der Waals surface area contributed by atoms with E-state index in [0.29, 0.717) is 18.3 Å². The topological polar surface area (TPSA) is 97.1 Å². The van der Waals surface area contributed by atoms with Gasteiger partial charge in [0.15, 0.2) is 0 Å². The maximum atomic E-state index is 8.72. The van der Waals surface area contributed by atoms with Crippen LogP contribution in [0, 0.1) is 0 Å². The van der Waals surface area contributed by atoms with Crippen LogP contribution in [0.4, 0.5) is 0 Å². The van der Waals surface area contributed by atoms with Crippen molar-refractivity contribution < 1.29 is 9.84 Å². The van der Waals surface area contributed by atoms with E-state index in [1.807, 2.05) is 54.6 Å². The Morgan fingerprint density at radius 1 is 0.962 bits per heavy atom. The van der Waals surface area contributed by atoms with Gasteiger partial charge in [-0.05, 0) is 40.3 Å². The second-order valence-corrected chi connectivity index (χ2v) is 5.61. The van der Waals surface area contributed by atoms with Crippen molar-refractivity contribution in [3.05, 3.63) is 60.2 Å². The summed E-state index contributed by atoms with van der Waals surface area (Å²) in [6.45, 7) is 3.12. The van der Waals surface area contributed by atoms with Crippen LogP contribution in [0.3, 0.4) is 0 Å². The van der Waals surface area contributed by atoms with Crippen LogP contribution in [0.1, 0.15) is 5.56 Å². The second-order valence-electron chi connectivity index (χ2n) is 5.61. The van der Waals surface area contributed by atoms with Gasteiger partial charge in [-0.15, -0.1) is 0 Å². The molecule has 3 aromatic rings. The first-order chi connectivity index (χ1) is 12.9. The minimum atomic E-state index is 0.155. The van der Waals surface area contributed by atoms with Gasteiger partial charge in [-0.2, -0.15) is 4.68 Å². The van der Waals surface area contributed by atoms with Crippen LogP contribution in [0.15, 0.2) is 54.6 Å². The summed E-state index contributed by atoms with van der Waals surface area (Å²) in [5.41, 5.74) is 1.93. The fraction of sp³-hybridized carbons (Fsp3) is 0.278. The van der Waals surface area contributed by atoms with E-state index in [-0.39, 0.29) is 6.61 Å². The van der Waals surface area contributed by atoms with Crippen molar-refractivity contribution >= 4 is 0 Å². The molecular weight excluding hydrogens is 332 g/mol. The molecule has 0 saturated heterocycles. The predicted molar refractivity (Wildman–Crippen MR) is 97.3 cm³/mol. The minimum Gasteiger partial charge on any atom is -0.423 e. The highest BCUT2D eigenvalue weighted by atomic mass is 16.5. The van der Waals surface area contributed by atoms with Gasteiger partial charge >= 0.3 is 6.01 Å². The van der Waals surface area contributed by atoms with E-state index in [4.69, 9.17) is 9.84 Å². The number of hydrogen-bond donors (Lipinski definition) is 3. The van der Waals surface area contributed by atoms with E-state index in [0.717, 1.165) is 30.9 Å². The monoisotopic (exact) mass is 354 g/mol. The zero-order valence-electron chi connectivity index (χ0n) is 14.4. The highest BCUT2D eigenvalue weighted by Gasteiger charge is 2.10. The number of nitrogens with one attached hydrogen (secondary N) is 2. The number of nitrogens with zero attached hydrogens (tertiary/aromatic N) is 4. The molecule has 0 spiro atoms. The lowest BCUT2D eigenvalue weighted by molar-refractivity contribution is 0.292. The van der Waals surface area contributed by atoms with Gasteiger partial charge in [-0.3, -0.25) is 0 Å². The molecule has 0 aliphatic carbocycles. The molecule has 0 atom stereocenters. The third-order valence-electron chi connectivity index (χ3n) is 3.65. The molecule has 1 aromatic heterocycles. The number of benzene rings is 2. The lowest BCUT2D eigenvalue weighted by Gasteiger charge is -2.09. The van der Waals surface area contributed by atoms with Crippen LogP contribution in [0.2, 0.25) is 0 Å². The average Bonchev–Trinajstić information content (AvgIpc) is 3.14. The first kappa shape index (κ1) is 18.0. The fourth-order valence-corrected chi connectivity index (χ4v) is 2.41. The number of para-hydroxylation sites is 1. The maximum absolute atomic E-state index is 8.72. The molecule has 3 N–H and O–H groups in total. The first-order valence-electron chi connectivity index (χ1n) is 8.50. The Hall–Kier alpha value is -2.81. The van der Waals surface area contributed by atoms with Crippen molar-refractivity contribution in [2.24, 2.45) is 0 Å². The number of ether oxygens (including phenoxy) is 1. The predicted octanol–water partition coefficient (Wildman–Crippen LogP) is 1.13. The molecule has 1 heterocycles. The number of aliphatic hydroxyl groups excluding tert-OH is 1. The van der Waals surface area contributed by atoms with Crippen LogP contribution < -0.4 is 15.4 Å². The van der Waals surface area contributed by atoms with Crippen LogP contribution >= 0.6 is 0 Å². The van der Waals surface area contributed by atoms with Crippen LogP contribution in [0.25, 0.3) is 5.69 Å². The average molecular weight is 354 g/mol. The lowest BCUT2D eigenvalue weighted by Crippen LogP contribution is -2.28. The Kier molecular flexibility index (Phi) is 6.66. The Morgan fingerprint density at radius 3 is 2.65 bits per heavy atom. The smallest absolute Gasteiger partial charge is 0.345 e. The SMILES string of the molecule is OCCNCCNCc1cccc(Oc2nnnn2-c2ccccc2)c1. The normalized spacial score (nSPS) is 10.8. The molecule has 26 heavy (non-hydrogen) atoms. The summed E-state index contributed by atoms with van der Waals surface area (Å²) < 4.78 is 7.42. The number of hydrogen-bond acceptors (Lipinski definition) is 7. The van der Waals surface area contributed by atoms with E-state index in [1.54, 1.807) is 4.68 Å². The van der Waals surface area contributed by atoms with Gasteiger partial charge < -0.3 is 20.5 Å². The Morgan fingerprint density at radius 2 is 1.81 bits per heavy atom. The zero-order valence-corrected chi connectivity index (χ0v) is 14.4. The Labute approximate surface area is 151 Å². The molecule has 0 amide bonds. The van der Waals surface area contributed by atoms with Gasteiger partial charge in [-0.1, -0.05) is 35.4 Å². The summed E-state index contributed by atoms with van der Waals surface area (Å²) in [7, 11) is 0. The lowest BCUT2D eigenvalue weighted by atomic mass is 10.2. The Balaban J connectivity index is 1.59. The molecule has 0 radical (unpaired) electrons. The van der Waals surface area contributed by atoms with Crippen LogP contribution in [-0.2, 0) is 6.54 Å². The molecule has 3 rings (SSSR count). The summed E-state index contributed by atoms with van der Waals surface area (Å²) in [5.74, 6) is 0.676. The summed E-state index contributed by atoms with van der Waals surface area (Å²) in [6, 6.07) is 17.7. The van der Waals surface area contributed by atoms with Gasteiger partial charge in [0.1, 0.15) is 5.75 Å². The summed E-state index contributed by atoms with van der Waals surface area (Å²) >= 11 is 0. The van der Waals surface area contributed by atoms with E-state index >= 15 is 0 Å². The summed E-state index contributed by atoms with van der Waals surface area (Å²) in [4.78, 5) is 0. The van der Waals surface area contributed by atoms with Gasteiger partial charge in [-0.25, -0.2) is 0 Å². The zero-order chi connectivity index (χ0) is 18.0. The van der Waals surface area contributed by atoms with Crippen molar-refractivity contribution in [1.29, 1.82) is 0 Å². The molecule has 0 bridgehead atoms. The van der Waals surface area contributed by atoms with E-state index in [1.165, 1.54) is 0 Å². The van der Waals surface area contributed by atoms with Crippen molar-refractivity contribution in [2.75, 3.05) is 26.2 Å². The third-order valence-corrected chi connectivity index (χ3v) is 3.65. The van der Waals surface area contributed by atoms with Crippen LogP contribution in [-0.4, -0.2) is 51.6 Å². The maximum Gasteiger partial charge on any atom is 0.345 e. The summed E-state index contributed by atoms with van der Waals surface area (Å²) in [6.07, 6.45) is 0. The molecule has 0 unspecified atom stereocenters. The molecule has 0 aliphatic rings. The molecule has 0 aliphatic heterocycles. The van der Waals surface area contributed by atoms with Gasteiger partial charge in [0, 0.05) is 26.2 Å². The standard InChI is InChI=1S/C18H22N6O2/c25-12-11-19-9-10-20-14-15-5-4-8-17(13-15)26-18-21-22-23-24(18)16-6-2-1-3-7-16/h1-8,13,19-20,25H,9-12,14H2. The quantitative estimate of drug-likeness (QED) is 0.470. The highest BCUT2D eigenvalue weighted by Crippen LogP contribution is 2.21. The van der Waals surface area contributed by atoms with E-state index < -0.39 is 0 Å². The highest BCUT2D eigenvalue weighted by molar-refractivity contribution is 5.34. The van der Waals surface area contributed by atoms with Crippen LogP contribution in [0.5, 0.6) is 11.8 Å².